The van der Waals surface area contributed by atoms with Crippen molar-refractivity contribution in [2.24, 2.45) is 0 Å². The van der Waals surface area contributed by atoms with Gasteiger partial charge in [-0.3, -0.25) is 9.78 Å². The first kappa shape index (κ1) is 18.7. The molecule has 0 saturated heterocycles. The molecule has 1 aromatic carbocycles. The summed E-state index contributed by atoms with van der Waals surface area (Å²) in [5, 5.41) is 10.6. The zero-order valence-corrected chi connectivity index (χ0v) is 15.4. The number of carbonyl (C=O) groups is 1. The molecule has 1 atom stereocenters. The summed E-state index contributed by atoms with van der Waals surface area (Å²) in [4.78, 5) is 27.2. The highest BCUT2D eigenvalue weighted by molar-refractivity contribution is 5.94. The predicted molar refractivity (Wildman–Crippen MR) is 102 cm³/mol. The molecule has 27 heavy (non-hydrogen) atoms. The van der Waals surface area contributed by atoms with Crippen molar-refractivity contribution in [3.63, 3.8) is 0 Å². The molecule has 1 amide bonds. The molecule has 0 bridgehead atoms. The lowest BCUT2D eigenvalue weighted by molar-refractivity contribution is 0.0602. The lowest BCUT2D eigenvalue weighted by Gasteiger charge is -2.26. The fourth-order valence-electron chi connectivity index (χ4n) is 2.88. The number of aliphatic hydroxyl groups is 1. The van der Waals surface area contributed by atoms with E-state index in [1.54, 1.807) is 37.3 Å². The second-order valence-corrected chi connectivity index (χ2v) is 6.38. The van der Waals surface area contributed by atoms with Gasteiger partial charge in [-0.1, -0.05) is 30.3 Å². The largest absolute Gasteiger partial charge is 0.387 e. The Morgan fingerprint density at radius 2 is 1.81 bits per heavy atom. The van der Waals surface area contributed by atoms with Gasteiger partial charge in [0.15, 0.2) is 0 Å². The highest BCUT2D eigenvalue weighted by atomic mass is 16.3. The van der Waals surface area contributed by atoms with E-state index >= 15 is 0 Å². The fraction of sp³-hybridized carbons (Fsp3) is 0.238. The van der Waals surface area contributed by atoms with Crippen LogP contribution in [0.3, 0.4) is 0 Å². The Morgan fingerprint density at radius 1 is 1.11 bits per heavy atom. The number of hydrogen-bond acceptors (Lipinski definition) is 5. The van der Waals surface area contributed by atoms with Crippen LogP contribution in [-0.2, 0) is 6.54 Å². The number of aryl methyl sites for hydroxylation is 2. The van der Waals surface area contributed by atoms with Gasteiger partial charge in [-0.25, -0.2) is 9.97 Å². The maximum atomic E-state index is 13.2. The van der Waals surface area contributed by atoms with E-state index in [0.717, 1.165) is 11.1 Å². The molecule has 0 aliphatic heterocycles. The van der Waals surface area contributed by atoms with Crippen molar-refractivity contribution in [1.82, 2.24) is 19.9 Å². The minimum absolute atomic E-state index is 0.165. The van der Waals surface area contributed by atoms with Crippen LogP contribution in [0.15, 0.2) is 61.1 Å². The summed E-state index contributed by atoms with van der Waals surface area (Å²) >= 11 is 0. The molecule has 0 aliphatic carbocycles. The Hall–Kier alpha value is -3.12. The molecular formula is C21H22N4O2. The second-order valence-electron chi connectivity index (χ2n) is 6.38. The van der Waals surface area contributed by atoms with Crippen LogP contribution in [0.5, 0.6) is 0 Å². The number of pyridine rings is 1. The molecule has 6 nitrogen and oxygen atoms in total. The molecule has 0 radical (unpaired) electrons. The second kappa shape index (κ2) is 8.51. The van der Waals surface area contributed by atoms with Crippen LogP contribution in [0.25, 0.3) is 0 Å². The van der Waals surface area contributed by atoms with Gasteiger partial charge in [0.05, 0.1) is 23.9 Å². The van der Waals surface area contributed by atoms with E-state index in [-0.39, 0.29) is 12.5 Å². The summed E-state index contributed by atoms with van der Waals surface area (Å²) in [6, 6.07) is 13.0. The van der Waals surface area contributed by atoms with E-state index in [1.807, 2.05) is 42.5 Å². The normalized spacial score (nSPS) is 11.8. The van der Waals surface area contributed by atoms with Gasteiger partial charge in [0.1, 0.15) is 5.82 Å². The summed E-state index contributed by atoms with van der Waals surface area (Å²) in [5.74, 6) is 0.411. The van der Waals surface area contributed by atoms with Gasteiger partial charge < -0.3 is 10.0 Å². The third-order valence-electron chi connectivity index (χ3n) is 4.32. The van der Waals surface area contributed by atoms with Crippen molar-refractivity contribution in [1.29, 1.82) is 0 Å². The van der Waals surface area contributed by atoms with E-state index in [0.29, 0.717) is 23.6 Å². The van der Waals surface area contributed by atoms with Crippen LogP contribution in [-0.4, -0.2) is 37.4 Å². The monoisotopic (exact) mass is 362 g/mol. The van der Waals surface area contributed by atoms with Crippen LogP contribution in [0.1, 0.15) is 39.1 Å². The maximum absolute atomic E-state index is 13.2. The lowest BCUT2D eigenvalue weighted by atomic mass is 10.1. The maximum Gasteiger partial charge on any atom is 0.257 e. The van der Waals surface area contributed by atoms with Crippen molar-refractivity contribution >= 4 is 5.91 Å². The van der Waals surface area contributed by atoms with Crippen molar-refractivity contribution < 1.29 is 9.90 Å². The highest BCUT2D eigenvalue weighted by Gasteiger charge is 2.22. The van der Waals surface area contributed by atoms with Crippen LogP contribution in [0.4, 0.5) is 0 Å². The van der Waals surface area contributed by atoms with Crippen molar-refractivity contribution in [3.8, 4) is 0 Å². The average molecular weight is 362 g/mol. The number of carbonyl (C=O) groups excluding carboxylic acids is 1. The summed E-state index contributed by atoms with van der Waals surface area (Å²) in [6.07, 6.45) is 4.13. The van der Waals surface area contributed by atoms with E-state index in [4.69, 9.17) is 0 Å². The quantitative estimate of drug-likeness (QED) is 0.729. The molecule has 3 rings (SSSR count). The average Bonchev–Trinajstić information content (AvgIpc) is 2.68. The first-order valence-electron chi connectivity index (χ1n) is 8.76. The summed E-state index contributed by atoms with van der Waals surface area (Å²) < 4.78 is 0. The summed E-state index contributed by atoms with van der Waals surface area (Å²) in [6.45, 7) is 4.10. The van der Waals surface area contributed by atoms with Crippen LogP contribution < -0.4 is 0 Å². The van der Waals surface area contributed by atoms with Crippen molar-refractivity contribution in [3.05, 3.63) is 89.3 Å². The molecule has 2 aromatic heterocycles. The molecule has 6 heteroatoms. The number of rotatable bonds is 6. The van der Waals surface area contributed by atoms with Crippen LogP contribution in [0.2, 0.25) is 0 Å². The molecule has 2 heterocycles. The molecule has 3 aromatic rings. The molecule has 0 saturated carbocycles. The zero-order chi connectivity index (χ0) is 19.2. The van der Waals surface area contributed by atoms with E-state index in [9.17, 15) is 9.90 Å². The first-order chi connectivity index (χ1) is 13.0. The third-order valence-corrected chi connectivity index (χ3v) is 4.32. The number of hydrogen-bond donors (Lipinski definition) is 1. The SMILES string of the molecule is Cc1ncc(C(=O)N(Cc2ccncc2)C[C@H](O)c2ccccc2)c(C)n1. The number of nitrogens with zero attached hydrogens (tertiary/aromatic N) is 4. The Kier molecular flexibility index (Phi) is 5.88. The fourth-order valence-corrected chi connectivity index (χ4v) is 2.88. The van der Waals surface area contributed by atoms with E-state index < -0.39 is 6.10 Å². The molecule has 138 valence electrons. The predicted octanol–water partition coefficient (Wildman–Crippen LogP) is 2.86. The first-order valence-corrected chi connectivity index (χ1v) is 8.76. The van der Waals surface area contributed by atoms with Crippen LogP contribution >= 0.6 is 0 Å². The molecular weight excluding hydrogens is 340 g/mol. The summed E-state index contributed by atoms with van der Waals surface area (Å²) in [7, 11) is 0. The van der Waals surface area contributed by atoms with Gasteiger partial charge in [-0.05, 0) is 37.1 Å². The molecule has 1 N–H and O–H groups in total. The molecule has 0 spiro atoms. The highest BCUT2D eigenvalue weighted by Crippen LogP contribution is 2.18. The molecule has 0 aliphatic rings. The molecule has 0 unspecified atom stereocenters. The zero-order valence-electron chi connectivity index (χ0n) is 15.4. The lowest BCUT2D eigenvalue weighted by Crippen LogP contribution is -2.35. The Labute approximate surface area is 158 Å². The number of aliphatic hydroxyl groups excluding tert-OH is 1. The minimum atomic E-state index is -0.788. The third kappa shape index (κ3) is 4.74. The van der Waals surface area contributed by atoms with Crippen LogP contribution in [0, 0.1) is 13.8 Å². The van der Waals surface area contributed by atoms with Gasteiger partial charge in [0.2, 0.25) is 0 Å². The van der Waals surface area contributed by atoms with E-state index in [2.05, 4.69) is 15.0 Å². The Morgan fingerprint density at radius 3 is 2.48 bits per heavy atom. The topological polar surface area (TPSA) is 79.2 Å². The van der Waals surface area contributed by atoms with Gasteiger partial charge in [0, 0.05) is 25.1 Å². The Bertz CT molecular complexity index is 901. The number of aromatic nitrogens is 3. The van der Waals surface area contributed by atoms with Gasteiger partial charge in [-0.2, -0.15) is 0 Å². The van der Waals surface area contributed by atoms with Gasteiger partial charge in [0.25, 0.3) is 5.91 Å². The number of amides is 1. The standard InChI is InChI=1S/C21H22N4O2/c1-15-19(12-23-16(2)24-15)21(27)25(13-17-8-10-22-11-9-17)14-20(26)18-6-4-3-5-7-18/h3-12,20,26H,13-14H2,1-2H3/t20-/m0/s1. The van der Waals surface area contributed by atoms with Crippen molar-refractivity contribution in [2.75, 3.05) is 6.54 Å². The van der Waals surface area contributed by atoms with Crippen molar-refractivity contribution in [2.45, 2.75) is 26.5 Å². The Balaban J connectivity index is 1.88. The summed E-state index contributed by atoms with van der Waals surface area (Å²) in [5.41, 5.74) is 2.77. The molecule has 0 fully saturated rings. The van der Waals surface area contributed by atoms with Gasteiger partial charge >= 0.3 is 0 Å². The minimum Gasteiger partial charge on any atom is -0.387 e. The number of benzene rings is 1. The van der Waals surface area contributed by atoms with Gasteiger partial charge in [-0.15, -0.1) is 0 Å². The van der Waals surface area contributed by atoms with E-state index in [1.165, 1.54) is 0 Å². The smallest absolute Gasteiger partial charge is 0.257 e.